The van der Waals surface area contributed by atoms with E-state index in [0.29, 0.717) is 10.6 Å². The first-order valence-electron chi connectivity index (χ1n) is 5.72. The van der Waals surface area contributed by atoms with Crippen molar-refractivity contribution in [1.82, 2.24) is 9.71 Å². The molecule has 5 nitrogen and oxygen atoms in total. The Bertz CT molecular complexity index is 713. The molecule has 0 bridgehead atoms. The molecule has 8 heteroatoms. The quantitative estimate of drug-likeness (QED) is 0.877. The number of hydrogen-bond donors (Lipinski definition) is 2. The van der Waals surface area contributed by atoms with E-state index < -0.39 is 20.7 Å². The van der Waals surface area contributed by atoms with Gasteiger partial charge in [-0.05, 0) is 24.6 Å². The average Bonchev–Trinajstić information content (AvgIpc) is 2.82. The lowest BCUT2D eigenvalue weighted by molar-refractivity contribution is 0.281. The molecule has 0 amide bonds. The second-order valence-corrected chi connectivity index (χ2v) is 6.81. The summed E-state index contributed by atoms with van der Waals surface area (Å²) < 4.78 is 40.0. The molecular formula is C12H13FN2O3S2. The molecule has 0 saturated heterocycles. The van der Waals surface area contributed by atoms with E-state index in [0.717, 1.165) is 17.8 Å². The lowest BCUT2D eigenvalue weighted by Crippen LogP contribution is -2.24. The minimum absolute atomic E-state index is 0.0159. The van der Waals surface area contributed by atoms with E-state index in [9.17, 15) is 12.8 Å². The zero-order chi connectivity index (χ0) is 14.8. The summed E-state index contributed by atoms with van der Waals surface area (Å²) in [4.78, 5) is 3.68. The monoisotopic (exact) mass is 316 g/mol. The van der Waals surface area contributed by atoms with Crippen molar-refractivity contribution in [1.29, 1.82) is 0 Å². The van der Waals surface area contributed by atoms with Crippen molar-refractivity contribution in [2.24, 2.45) is 0 Å². The van der Waals surface area contributed by atoms with Gasteiger partial charge in [0.15, 0.2) is 0 Å². The Morgan fingerprint density at radius 1 is 1.45 bits per heavy atom. The summed E-state index contributed by atoms with van der Waals surface area (Å²) in [7, 11) is -3.94. The van der Waals surface area contributed by atoms with Crippen LogP contribution < -0.4 is 4.72 Å². The number of thiazole rings is 1. The molecule has 0 fully saturated rings. The molecule has 2 aromatic rings. The van der Waals surface area contributed by atoms with Gasteiger partial charge in [0.05, 0.1) is 13.2 Å². The number of benzene rings is 1. The van der Waals surface area contributed by atoms with Crippen LogP contribution in [-0.4, -0.2) is 18.5 Å². The Balaban J connectivity index is 2.18. The predicted octanol–water partition coefficient (Wildman–Crippen LogP) is 1.56. The molecule has 0 unspecified atom stereocenters. The molecule has 0 spiro atoms. The summed E-state index contributed by atoms with van der Waals surface area (Å²) in [5, 5.41) is 11.3. The van der Waals surface area contributed by atoms with E-state index >= 15 is 0 Å². The highest BCUT2D eigenvalue weighted by Gasteiger charge is 2.19. The number of rotatable bonds is 5. The van der Waals surface area contributed by atoms with Crippen LogP contribution >= 0.6 is 11.3 Å². The molecule has 1 aromatic heterocycles. The van der Waals surface area contributed by atoms with Crippen LogP contribution in [0, 0.1) is 12.7 Å². The number of nitrogens with one attached hydrogen (secondary N) is 1. The van der Waals surface area contributed by atoms with Gasteiger partial charge in [-0.1, -0.05) is 6.07 Å². The van der Waals surface area contributed by atoms with Gasteiger partial charge in [-0.2, -0.15) is 0 Å². The van der Waals surface area contributed by atoms with Gasteiger partial charge in [0.2, 0.25) is 10.0 Å². The van der Waals surface area contributed by atoms with Crippen LogP contribution in [0.4, 0.5) is 4.39 Å². The van der Waals surface area contributed by atoms with Crippen molar-refractivity contribution < 1.29 is 17.9 Å². The Labute approximate surface area is 120 Å². The zero-order valence-corrected chi connectivity index (χ0v) is 12.3. The number of halogens is 1. The highest BCUT2D eigenvalue weighted by atomic mass is 32.2. The van der Waals surface area contributed by atoms with Crippen LogP contribution in [0.1, 0.15) is 16.3 Å². The van der Waals surface area contributed by atoms with Crippen LogP contribution in [0.15, 0.2) is 28.5 Å². The van der Waals surface area contributed by atoms with E-state index in [1.54, 1.807) is 5.38 Å². The maximum Gasteiger partial charge on any atom is 0.243 e. The number of nitrogens with zero attached hydrogens (tertiary/aromatic N) is 1. The van der Waals surface area contributed by atoms with E-state index in [-0.39, 0.29) is 13.2 Å². The van der Waals surface area contributed by atoms with Crippen LogP contribution in [-0.2, 0) is 23.2 Å². The maximum atomic E-state index is 13.7. The molecule has 0 saturated carbocycles. The van der Waals surface area contributed by atoms with Gasteiger partial charge in [-0.15, -0.1) is 11.3 Å². The second kappa shape index (κ2) is 5.96. The first-order chi connectivity index (χ1) is 9.42. The minimum Gasteiger partial charge on any atom is -0.392 e. The minimum atomic E-state index is -3.94. The van der Waals surface area contributed by atoms with Crippen LogP contribution in [0.2, 0.25) is 0 Å². The Kier molecular flexibility index (Phi) is 4.48. The molecule has 0 aliphatic carbocycles. The molecule has 0 aliphatic heterocycles. The van der Waals surface area contributed by atoms with Crippen molar-refractivity contribution in [3.05, 3.63) is 45.7 Å². The summed E-state index contributed by atoms with van der Waals surface area (Å²) in [6.45, 7) is 1.48. The number of aliphatic hydroxyl groups excluding tert-OH is 1. The third kappa shape index (κ3) is 3.40. The van der Waals surface area contributed by atoms with Gasteiger partial charge in [-0.3, -0.25) is 0 Å². The topological polar surface area (TPSA) is 79.3 Å². The normalized spacial score (nSPS) is 11.8. The predicted molar refractivity (Wildman–Crippen MR) is 73.2 cm³/mol. The Morgan fingerprint density at radius 2 is 2.20 bits per heavy atom. The fourth-order valence-electron chi connectivity index (χ4n) is 1.58. The SMILES string of the molecule is Cc1csc(CNS(=O)(=O)c2ccc(CO)cc2F)n1. The van der Waals surface area contributed by atoms with E-state index in [1.807, 2.05) is 6.92 Å². The molecule has 2 N–H and O–H groups in total. The number of sulfonamides is 1. The highest BCUT2D eigenvalue weighted by Crippen LogP contribution is 2.17. The van der Waals surface area contributed by atoms with E-state index in [1.165, 1.54) is 17.4 Å². The smallest absolute Gasteiger partial charge is 0.243 e. The molecule has 1 heterocycles. The largest absolute Gasteiger partial charge is 0.392 e. The summed E-state index contributed by atoms with van der Waals surface area (Å²) in [5.74, 6) is -0.889. The first kappa shape index (κ1) is 15.0. The Morgan fingerprint density at radius 3 is 2.75 bits per heavy atom. The van der Waals surface area contributed by atoms with Crippen LogP contribution in [0.3, 0.4) is 0 Å². The number of aromatic nitrogens is 1. The highest BCUT2D eigenvalue weighted by molar-refractivity contribution is 7.89. The lowest BCUT2D eigenvalue weighted by Gasteiger charge is -2.07. The van der Waals surface area contributed by atoms with Crippen molar-refractivity contribution >= 4 is 21.4 Å². The summed E-state index contributed by atoms with van der Waals surface area (Å²) >= 11 is 1.33. The molecule has 0 aliphatic rings. The fourth-order valence-corrected chi connectivity index (χ4v) is 3.43. The van der Waals surface area contributed by atoms with Gasteiger partial charge >= 0.3 is 0 Å². The van der Waals surface area contributed by atoms with Gasteiger partial charge in [0.1, 0.15) is 15.7 Å². The zero-order valence-electron chi connectivity index (χ0n) is 10.6. The van der Waals surface area contributed by atoms with Crippen molar-refractivity contribution in [2.45, 2.75) is 25.0 Å². The van der Waals surface area contributed by atoms with Crippen molar-refractivity contribution in [2.75, 3.05) is 0 Å². The van der Waals surface area contributed by atoms with Gasteiger partial charge in [-0.25, -0.2) is 22.5 Å². The average molecular weight is 316 g/mol. The molecular weight excluding hydrogens is 303 g/mol. The first-order valence-corrected chi connectivity index (χ1v) is 8.08. The molecule has 108 valence electrons. The molecule has 1 aromatic carbocycles. The molecule has 0 radical (unpaired) electrons. The summed E-state index contributed by atoms with van der Waals surface area (Å²) in [6, 6.07) is 3.50. The molecule has 0 atom stereocenters. The third-order valence-electron chi connectivity index (χ3n) is 2.55. The van der Waals surface area contributed by atoms with Crippen molar-refractivity contribution in [3.8, 4) is 0 Å². The van der Waals surface area contributed by atoms with Gasteiger partial charge < -0.3 is 5.11 Å². The molecule has 20 heavy (non-hydrogen) atoms. The number of aliphatic hydroxyl groups is 1. The van der Waals surface area contributed by atoms with Crippen LogP contribution in [0.5, 0.6) is 0 Å². The van der Waals surface area contributed by atoms with Crippen molar-refractivity contribution in [3.63, 3.8) is 0 Å². The molecule has 2 rings (SSSR count). The summed E-state index contributed by atoms with van der Waals surface area (Å²) in [6.07, 6.45) is 0. The van der Waals surface area contributed by atoms with Gasteiger partial charge in [0.25, 0.3) is 0 Å². The fraction of sp³-hybridized carbons (Fsp3) is 0.250. The van der Waals surface area contributed by atoms with E-state index in [4.69, 9.17) is 5.11 Å². The van der Waals surface area contributed by atoms with E-state index in [2.05, 4.69) is 9.71 Å². The standard InChI is InChI=1S/C12H13FN2O3S2/c1-8-7-19-12(15-8)5-14-20(17,18)11-3-2-9(6-16)4-10(11)13/h2-4,7,14,16H,5-6H2,1H3. The van der Waals surface area contributed by atoms with Crippen LogP contribution in [0.25, 0.3) is 0 Å². The maximum absolute atomic E-state index is 13.7. The second-order valence-electron chi connectivity index (χ2n) is 4.13. The summed E-state index contributed by atoms with van der Waals surface area (Å²) in [5.41, 5.74) is 1.12. The number of hydrogen-bond acceptors (Lipinski definition) is 5. The van der Waals surface area contributed by atoms with Gasteiger partial charge in [0, 0.05) is 11.1 Å². The lowest BCUT2D eigenvalue weighted by atomic mass is 10.2. The Hall–Kier alpha value is -1.35. The number of aryl methyl sites for hydroxylation is 1. The third-order valence-corrected chi connectivity index (χ3v) is 4.95.